The lowest BCUT2D eigenvalue weighted by atomic mass is 10.2. The van der Waals surface area contributed by atoms with Crippen LogP contribution in [0.5, 0.6) is 0 Å². The number of rotatable bonds is 5. The number of carbonyl (C=O) groups excluding carboxylic acids is 3. The quantitative estimate of drug-likeness (QED) is 0.789. The molecule has 1 aliphatic carbocycles. The zero-order valence-electron chi connectivity index (χ0n) is 12.6. The maximum atomic E-state index is 11.8. The molecule has 2 N–H and O–H groups in total. The molecule has 0 saturated heterocycles. The minimum absolute atomic E-state index is 0.158. The number of nitrogens with one attached hydrogen (secondary N) is 2. The lowest BCUT2D eigenvalue weighted by Gasteiger charge is -2.12. The van der Waals surface area contributed by atoms with Crippen LogP contribution in [0.15, 0.2) is 24.3 Å². The van der Waals surface area contributed by atoms with Gasteiger partial charge >= 0.3 is 12.0 Å². The third kappa shape index (κ3) is 4.76. The standard InChI is InChI=1S/C15H19N3O4/c1-18(2)12-7-3-10(4-8-12)14(20)22-9-13(19)17-15(21)16-11-5-6-11/h3-4,7-8,11H,5-6,9H2,1-2H3,(H2,16,17,19,21). The minimum atomic E-state index is -0.656. The number of benzene rings is 1. The first-order valence-corrected chi connectivity index (χ1v) is 7.00. The van der Waals surface area contributed by atoms with Crippen LogP contribution < -0.4 is 15.5 Å². The van der Waals surface area contributed by atoms with Crippen molar-refractivity contribution < 1.29 is 19.1 Å². The molecule has 0 atom stereocenters. The van der Waals surface area contributed by atoms with Gasteiger partial charge in [-0.15, -0.1) is 0 Å². The van der Waals surface area contributed by atoms with E-state index in [1.807, 2.05) is 19.0 Å². The van der Waals surface area contributed by atoms with Gasteiger partial charge in [0.05, 0.1) is 5.56 Å². The monoisotopic (exact) mass is 305 g/mol. The van der Waals surface area contributed by atoms with Crippen molar-refractivity contribution in [3.05, 3.63) is 29.8 Å². The van der Waals surface area contributed by atoms with E-state index in [9.17, 15) is 14.4 Å². The predicted molar refractivity (Wildman–Crippen MR) is 80.7 cm³/mol. The summed E-state index contributed by atoms with van der Waals surface area (Å²) in [5.74, 6) is -1.26. The zero-order valence-corrected chi connectivity index (χ0v) is 12.6. The van der Waals surface area contributed by atoms with E-state index in [1.54, 1.807) is 24.3 Å². The maximum absolute atomic E-state index is 11.8. The Morgan fingerprint density at radius 2 is 1.82 bits per heavy atom. The van der Waals surface area contributed by atoms with Gasteiger partial charge in [-0.3, -0.25) is 10.1 Å². The molecule has 2 rings (SSSR count). The molecule has 0 spiro atoms. The van der Waals surface area contributed by atoms with Crippen molar-refractivity contribution in [3.8, 4) is 0 Å². The van der Waals surface area contributed by atoms with E-state index in [4.69, 9.17) is 4.74 Å². The molecule has 22 heavy (non-hydrogen) atoms. The van der Waals surface area contributed by atoms with Crippen LogP contribution >= 0.6 is 0 Å². The van der Waals surface area contributed by atoms with Gasteiger partial charge in [-0.05, 0) is 37.1 Å². The molecule has 1 aliphatic rings. The Kier molecular flexibility index (Phi) is 4.98. The SMILES string of the molecule is CN(C)c1ccc(C(=O)OCC(=O)NC(=O)NC2CC2)cc1. The van der Waals surface area contributed by atoms with E-state index in [2.05, 4.69) is 10.6 Å². The van der Waals surface area contributed by atoms with Gasteiger partial charge in [0.1, 0.15) is 0 Å². The summed E-state index contributed by atoms with van der Waals surface area (Å²) in [6.07, 6.45) is 1.86. The van der Waals surface area contributed by atoms with Crippen molar-refractivity contribution >= 4 is 23.6 Å². The largest absolute Gasteiger partial charge is 0.452 e. The molecule has 0 heterocycles. The number of hydrogen-bond acceptors (Lipinski definition) is 5. The van der Waals surface area contributed by atoms with Crippen LogP contribution in [-0.2, 0) is 9.53 Å². The summed E-state index contributed by atoms with van der Waals surface area (Å²) >= 11 is 0. The van der Waals surface area contributed by atoms with Gasteiger partial charge in [0.25, 0.3) is 5.91 Å². The third-order valence-electron chi connectivity index (χ3n) is 3.12. The van der Waals surface area contributed by atoms with Crippen molar-refractivity contribution in [3.63, 3.8) is 0 Å². The number of esters is 1. The Hall–Kier alpha value is -2.57. The molecule has 7 nitrogen and oxygen atoms in total. The lowest BCUT2D eigenvalue weighted by Crippen LogP contribution is -2.42. The predicted octanol–water partition coefficient (Wildman–Crippen LogP) is 0.898. The summed E-state index contributed by atoms with van der Waals surface area (Å²) < 4.78 is 4.87. The summed E-state index contributed by atoms with van der Waals surface area (Å²) in [6, 6.07) is 6.40. The number of amides is 3. The summed E-state index contributed by atoms with van der Waals surface area (Å²) in [5.41, 5.74) is 1.30. The van der Waals surface area contributed by atoms with Crippen molar-refractivity contribution in [2.24, 2.45) is 0 Å². The first kappa shape index (κ1) is 15.8. The first-order valence-electron chi connectivity index (χ1n) is 7.00. The molecule has 0 unspecified atom stereocenters. The normalized spacial score (nSPS) is 13.2. The highest BCUT2D eigenvalue weighted by molar-refractivity contribution is 5.97. The van der Waals surface area contributed by atoms with Crippen molar-refractivity contribution in [2.75, 3.05) is 25.6 Å². The van der Waals surface area contributed by atoms with Crippen LogP contribution in [0.3, 0.4) is 0 Å². The fourth-order valence-corrected chi connectivity index (χ4v) is 1.72. The number of imide groups is 1. The van der Waals surface area contributed by atoms with Gasteiger partial charge in [0.2, 0.25) is 0 Å². The van der Waals surface area contributed by atoms with Gasteiger partial charge in [0.15, 0.2) is 6.61 Å². The number of hydrogen-bond donors (Lipinski definition) is 2. The number of urea groups is 1. The Morgan fingerprint density at radius 1 is 1.18 bits per heavy atom. The van der Waals surface area contributed by atoms with Gasteiger partial charge in [-0.2, -0.15) is 0 Å². The molecule has 0 aromatic heterocycles. The van der Waals surface area contributed by atoms with E-state index in [1.165, 1.54) is 0 Å². The number of carbonyl (C=O) groups is 3. The summed E-state index contributed by atoms with van der Waals surface area (Å²) in [5, 5.41) is 4.71. The van der Waals surface area contributed by atoms with Crippen LogP contribution in [0.2, 0.25) is 0 Å². The summed E-state index contributed by atoms with van der Waals surface area (Å²) in [6.45, 7) is -0.494. The van der Waals surface area contributed by atoms with E-state index in [-0.39, 0.29) is 6.04 Å². The Morgan fingerprint density at radius 3 is 2.36 bits per heavy atom. The van der Waals surface area contributed by atoms with Gasteiger partial charge < -0.3 is 15.0 Å². The molecule has 0 aliphatic heterocycles. The van der Waals surface area contributed by atoms with Gasteiger partial charge in [-0.1, -0.05) is 0 Å². The molecule has 1 aromatic rings. The molecule has 118 valence electrons. The number of anilines is 1. The van der Waals surface area contributed by atoms with Crippen molar-refractivity contribution in [2.45, 2.75) is 18.9 Å². The minimum Gasteiger partial charge on any atom is -0.452 e. The Balaban J connectivity index is 1.76. The topological polar surface area (TPSA) is 87.7 Å². The number of nitrogens with zero attached hydrogens (tertiary/aromatic N) is 1. The second-order valence-corrected chi connectivity index (χ2v) is 5.31. The van der Waals surface area contributed by atoms with Gasteiger partial charge in [-0.25, -0.2) is 9.59 Å². The van der Waals surface area contributed by atoms with E-state index < -0.39 is 24.5 Å². The molecular weight excluding hydrogens is 286 g/mol. The highest BCUT2D eigenvalue weighted by Gasteiger charge is 2.24. The van der Waals surface area contributed by atoms with Crippen molar-refractivity contribution in [1.82, 2.24) is 10.6 Å². The van der Waals surface area contributed by atoms with E-state index in [0.29, 0.717) is 5.56 Å². The fourth-order valence-electron chi connectivity index (χ4n) is 1.72. The molecule has 1 saturated carbocycles. The molecule has 0 bridgehead atoms. The molecule has 1 fully saturated rings. The molecule has 0 radical (unpaired) electrons. The fraction of sp³-hybridized carbons (Fsp3) is 0.400. The van der Waals surface area contributed by atoms with Crippen LogP contribution in [0, 0.1) is 0 Å². The van der Waals surface area contributed by atoms with Crippen LogP contribution in [0.1, 0.15) is 23.2 Å². The average molecular weight is 305 g/mol. The highest BCUT2D eigenvalue weighted by atomic mass is 16.5. The Bertz CT molecular complexity index is 565. The molecular formula is C15H19N3O4. The van der Waals surface area contributed by atoms with Crippen LogP contribution in [-0.4, -0.2) is 44.7 Å². The molecule has 3 amide bonds. The summed E-state index contributed by atoms with van der Waals surface area (Å²) in [4.78, 5) is 36.5. The number of ether oxygens (including phenoxy) is 1. The Labute approximate surface area is 128 Å². The van der Waals surface area contributed by atoms with E-state index >= 15 is 0 Å². The van der Waals surface area contributed by atoms with Crippen LogP contribution in [0.4, 0.5) is 10.5 Å². The molecule has 7 heteroatoms. The maximum Gasteiger partial charge on any atom is 0.338 e. The summed E-state index contributed by atoms with van der Waals surface area (Å²) in [7, 11) is 3.79. The second kappa shape index (κ2) is 6.93. The van der Waals surface area contributed by atoms with E-state index in [0.717, 1.165) is 18.5 Å². The van der Waals surface area contributed by atoms with Crippen molar-refractivity contribution in [1.29, 1.82) is 0 Å². The second-order valence-electron chi connectivity index (χ2n) is 5.31. The smallest absolute Gasteiger partial charge is 0.338 e. The third-order valence-corrected chi connectivity index (χ3v) is 3.12. The first-order chi connectivity index (χ1) is 10.5. The average Bonchev–Trinajstić information content (AvgIpc) is 3.28. The van der Waals surface area contributed by atoms with Crippen LogP contribution in [0.25, 0.3) is 0 Å². The van der Waals surface area contributed by atoms with Gasteiger partial charge in [0, 0.05) is 25.8 Å². The molecule has 1 aromatic carbocycles. The zero-order chi connectivity index (χ0) is 16.1. The lowest BCUT2D eigenvalue weighted by molar-refractivity contribution is -0.123. The highest BCUT2D eigenvalue weighted by Crippen LogP contribution is 2.18.